The minimum absolute atomic E-state index is 0.123. The number of carbonyl (C=O) groups is 2. The smallest absolute Gasteiger partial charge is 0.222 e. The molecule has 144 valence electrons. The van der Waals surface area contributed by atoms with E-state index in [1.165, 1.54) is 11.1 Å². The van der Waals surface area contributed by atoms with Gasteiger partial charge in [0.15, 0.2) is 0 Å². The predicted molar refractivity (Wildman–Crippen MR) is 108 cm³/mol. The van der Waals surface area contributed by atoms with Crippen molar-refractivity contribution >= 4 is 11.8 Å². The fourth-order valence-corrected chi connectivity index (χ4v) is 5.59. The Bertz CT molecular complexity index is 785. The molecule has 0 N–H and O–H groups in total. The summed E-state index contributed by atoms with van der Waals surface area (Å²) >= 11 is 0. The summed E-state index contributed by atoms with van der Waals surface area (Å²) in [6.07, 6.45) is 3.16. The predicted octanol–water partition coefficient (Wildman–Crippen LogP) is 3.55. The molecule has 0 bridgehead atoms. The molecule has 0 spiro atoms. The Balaban J connectivity index is 1.60. The molecule has 0 atom stereocenters. The maximum absolute atomic E-state index is 12.7. The Labute approximate surface area is 166 Å². The van der Waals surface area contributed by atoms with Crippen LogP contribution in [0.2, 0.25) is 0 Å². The first-order valence-corrected chi connectivity index (χ1v) is 10.4. The van der Waals surface area contributed by atoms with Crippen LogP contribution >= 0.6 is 0 Å². The maximum Gasteiger partial charge on any atom is 0.222 e. The molecular formula is C24H26N2O2. The molecule has 2 saturated heterocycles. The fourth-order valence-electron chi connectivity index (χ4n) is 5.59. The van der Waals surface area contributed by atoms with Gasteiger partial charge in [-0.05, 0) is 24.0 Å². The lowest BCUT2D eigenvalue weighted by Gasteiger charge is -2.58. The molecule has 2 amide bonds. The van der Waals surface area contributed by atoms with Crippen molar-refractivity contribution in [1.82, 2.24) is 9.80 Å². The first kappa shape index (κ1) is 17.5. The summed E-state index contributed by atoms with van der Waals surface area (Å²) < 4.78 is 0. The quantitative estimate of drug-likeness (QED) is 0.821. The van der Waals surface area contributed by atoms with Crippen molar-refractivity contribution in [3.8, 4) is 0 Å². The lowest BCUT2D eigenvalue weighted by atomic mass is 9.58. The first-order valence-electron chi connectivity index (χ1n) is 10.4. The largest absolute Gasteiger partial charge is 0.338 e. The fraction of sp³-hybridized carbons (Fsp3) is 0.417. The maximum atomic E-state index is 12.7. The molecule has 2 heterocycles. The molecule has 2 aliphatic heterocycles. The minimum Gasteiger partial charge on any atom is -0.338 e. The van der Waals surface area contributed by atoms with Crippen LogP contribution in [0.25, 0.3) is 0 Å². The first-order chi connectivity index (χ1) is 13.8. The summed E-state index contributed by atoms with van der Waals surface area (Å²) in [6.45, 7) is 1.66. The van der Waals surface area contributed by atoms with Gasteiger partial charge in [-0.3, -0.25) is 9.59 Å². The lowest BCUT2D eigenvalue weighted by molar-refractivity contribution is -0.140. The molecule has 2 aromatic rings. The zero-order chi connectivity index (χ0) is 19.1. The van der Waals surface area contributed by atoms with Crippen molar-refractivity contribution in [3.05, 3.63) is 71.8 Å². The van der Waals surface area contributed by atoms with E-state index in [0.29, 0.717) is 12.8 Å². The van der Waals surface area contributed by atoms with Crippen molar-refractivity contribution in [1.29, 1.82) is 0 Å². The van der Waals surface area contributed by atoms with Crippen molar-refractivity contribution in [2.24, 2.45) is 0 Å². The van der Waals surface area contributed by atoms with E-state index in [1.54, 1.807) is 0 Å². The van der Waals surface area contributed by atoms with E-state index in [9.17, 15) is 9.59 Å². The summed E-state index contributed by atoms with van der Waals surface area (Å²) in [7, 11) is 0. The molecule has 28 heavy (non-hydrogen) atoms. The average molecular weight is 374 g/mol. The van der Waals surface area contributed by atoms with Crippen LogP contribution in [0.1, 0.15) is 48.6 Å². The van der Waals surface area contributed by atoms with Gasteiger partial charge in [-0.1, -0.05) is 60.7 Å². The van der Waals surface area contributed by atoms with Gasteiger partial charge in [0.1, 0.15) is 0 Å². The molecular weight excluding hydrogens is 348 g/mol. The number of amides is 2. The molecule has 3 fully saturated rings. The number of hydrogen-bond donors (Lipinski definition) is 0. The Morgan fingerprint density at radius 2 is 1.00 bits per heavy atom. The molecule has 5 rings (SSSR count). The van der Waals surface area contributed by atoms with E-state index in [2.05, 4.69) is 58.3 Å². The summed E-state index contributed by atoms with van der Waals surface area (Å²) in [5, 5.41) is 0. The second-order valence-corrected chi connectivity index (χ2v) is 8.24. The standard InChI is InChI=1S/C24H26N2O2/c27-19-13-7-15-25(19)23-21(17-9-3-1-4-10-17)24(26-16-8-14-20(26)28)22(23)18-11-5-2-6-12-18/h1-6,9-12,21-24H,7-8,13-16H2. The number of likely N-dealkylation sites (tertiary alicyclic amines) is 2. The van der Waals surface area contributed by atoms with E-state index in [-0.39, 0.29) is 35.7 Å². The number of nitrogens with zero attached hydrogens (tertiary/aromatic N) is 2. The van der Waals surface area contributed by atoms with Gasteiger partial charge < -0.3 is 9.80 Å². The van der Waals surface area contributed by atoms with Crippen molar-refractivity contribution < 1.29 is 9.59 Å². The van der Waals surface area contributed by atoms with Gasteiger partial charge in [-0.15, -0.1) is 0 Å². The Morgan fingerprint density at radius 1 is 0.607 bits per heavy atom. The molecule has 4 heteroatoms. The third-order valence-corrected chi connectivity index (χ3v) is 6.78. The number of rotatable bonds is 4. The van der Waals surface area contributed by atoms with Gasteiger partial charge in [0.25, 0.3) is 0 Å². The third kappa shape index (κ3) is 2.74. The zero-order valence-electron chi connectivity index (χ0n) is 16.0. The normalized spacial score (nSPS) is 30.0. The van der Waals surface area contributed by atoms with Crippen LogP contribution in [0.4, 0.5) is 0 Å². The summed E-state index contributed by atoms with van der Waals surface area (Å²) in [4.78, 5) is 29.6. The highest BCUT2D eigenvalue weighted by Gasteiger charge is 2.58. The van der Waals surface area contributed by atoms with Crippen molar-refractivity contribution in [2.45, 2.75) is 49.6 Å². The van der Waals surface area contributed by atoms with Crippen LogP contribution in [0.5, 0.6) is 0 Å². The number of carbonyl (C=O) groups excluding carboxylic acids is 2. The average Bonchev–Trinajstić information content (AvgIpc) is 3.32. The molecule has 1 aliphatic carbocycles. The molecule has 2 aromatic carbocycles. The highest BCUT2D eigenvalue weighted by molar-refractivity contribution is 5.81. The van der Waals surface area contributed by atoms with Crippen molar-refractivity contribution in [2.75, 3.05) is 13.1 Å². The highest BCUT2D eigenvalue weighted by atomic mass is 16.2. The Morgan fingerprint density at radius 3 is 1.32 bits per heavy atom. The van der Waals surface area contributed by atoms with Gasteiger partial charge in [0.05, 0.1) is 0 Å². The molecule has 0 radical (unpaired) electrons. The van der Waals surface area contributed by atoms with Crippen molar-refractivity contribution in [3.63, 3.8) is 0 Å². The second kappa shape index (κ2) is 7.08. The van der Waals surface area contributed by atoms with Crippen LogP contribution in [-0.2, 0) is 9.59 Å². The lowest BCUT2D eigenvalue weighted by Crippen LogP contribution is -2.65. The minimum atomic E-state index is 0.123. The Kier molecular flexibility index (Phi) is 4.42. The van der Waals surface area contributed by atoms with Crippen LogP contribution in [0.15, 0.2) is 60.7 Å². The molecule has 3 aliphatic rings. The monoisotopic (exact) mass is 374 g/mol. The summed E-state index contributed by atoms with van der Waals surface area (Å²) in [5.74, 6) is 0.877. The van der Waals surface area contributed by atoms with Crippen LogP contribution in [-0.4, -0.2) is 46.8 Å². The highest BCUT2D eigenvalue weighted by Crippen LogP contribution is 2.54. The van der Waals surface area contributed by atoms with E-state index in [4.69, 9.17) is 0 Å². The SMILES string of the molecule is O=C1CCCN1C1C(c2ccccc2)C(N2CCCC2=O)C1c1ccccc1. The molecule has 0 aromatic heterocycles. The third-order valence-electron chi connectivity index (χ3n) is 6.78. The van der Waals surface area contributed by atoms with Crippen LogP contribution < -0.4 is 0 Å². The topological polar surface area (TPSA) is 40.6 Å². The van der Waals surface area contributed by atoms with Gasteiger partial charge in [-0.2, -0.15) is 0 Å². The van der Waals surface area contributed by atoms with Gasteiger partial charge in [-0.25, -0.2) is 0 Å². The summed E-state index contributed by atoms with van der Waals surface area (Å²) in [6, 6.07) is 21.2. The van der Waals surface area contributed by atoms with Gasteiger partial charge in [0, 0.05) is 49.9 Å². The molecule has 0 unspecified atom stereocenters. The number of hydrogen-bond acceptors (Lipinski definition) is 2. The Hall–Kier alpha value is -2.62. The zero-order valence-corrected chi connectivity index (χ0v) is 16.0. The van der Waals surface area contributed by atoms with E-state index in [0.717, 1.165) is 25.9 Å². The van der Waals surface area contributed by atoms with Crippen LogP contribution in [0.3, 0.4) is 0 Å². The number of benzene rings is 2. The molecule has 4 nitrogen and oxygen atoms in total. The van der Waals surface area contributed by atoms with Gasteiger partial charge >= 0.3 is 0 Å². The van der Waals surface area contributed by atoms with Gasteiger partial charge in [0.2, 0.25) is 11.8 Å². The van der Waals surface area contributed by atoms with E-state index >= 15 is 0 Å². The second-order valence-electron chi connectivity index (χ2n) is 8.24. The summed E-state index contributed by atoms with van der Waals surface area (Å²) in [5.41, 5.74) is 2.48. The van der Waals surface area contributed by atoms with E-state index in [1.807, 2.05) is 12.1 Å². The van der Waals surface area contributed by atoms with E-state index < -0.39 is 0 Å². The van der Waals surface area contributed by atoms with Crippen LogP contribution in [0, 0.1) is 0 Å². The molecule has 1 saturated carbocycles.